The van der Waals surface area contributed by atoms with Gasteiger partial charge in [0.2, 0.25) is 5.91 Å². The van der Waals surface area contributed by atoms with Gasteiger partial charge in [0.15, 0.2) is 11.0 Å². The van der Waals surface area contributed by atoms with Crippen LogP contribution in [0.15, 0.2) is 47.6 Å². The molecule has 2 aromatic carbocycles. The lowest BCUT2D eigenvalue weighted by Crippen LogP contribution is -2.18. The van der Waals surface area contributed by atoms with Gasteiger partial charge in [-0.3, -0.25) is 9.36 Å². The fourth-order valence-electron chi connectivity index (χ4n) is 3.27. The third-order valence-corrected chi connectivity index (χ3v) is 6.30. The maximum atomic E-state index is 13.3. The Hall–Kier alpha value is -2.13. The van der Waals surface area contributed by atoms with Crippen molar-refractivity contribution in [2.75, 3.05) is 17.7 Å². The monoisotopic (exact) mass is 480 g/mol. The SMILES string of the molecule is O=C(CSc1nnc(-c2ccc(F)cc2)n1CC1CCCO1)Nc1cc(Cl)ccc1Cl. The number of halogens is 3. The molecule has 1 N–H and O–H groups in total. The molecule has 4 rings (SSSR count). The molecule has 1 fully saturated rings. The average Bonchev–Trinajstić information content (AvgIpc) is 3.40. The number of carbonyl (C=O) groups excluding carboxylic acids is 1. The number of aromatic nitrogens is 3. The van der Waals surface area contributed by atoms with E-state index in [0.717, 1.165) is 25.0 Å². The van der Waals surface area contributed by atoms with Crippen molar-refractivity contribution >= 4 is 46.6 Å². The third kappa shape index (κ3) is 5.57. The molecule has 2 heterocycles. The van der Waals surface area contributed by atoms with E-state index >= 15 is 0 Å². The lowest BCUT2D eigenvalue weighted by Gasteiger charge is -2.15. The van der Waals surface area contributed by atoms with Gasteiger partial charge in [-0.25, -0.2) is 4.39 Å². The summed E-state index contributed by atoms with van der Waals surface area (Å²) in [6.45, 7) is 1.29. The molecule has 0 bridgehead atoms. The highest BCUT2D eigenvalue weighted by Gasteiger charge is 2.22. The molecule has 162 valence electrons. The summed E-state index contributed by atoms with van der Waals surface area (Å²) in [7, 11) is 0. The number of ether oxygens (including phenoxy) is 1. The number of rotatable bonds is 7. The predicted octanol–water partition coefficient (Wildman–Crippen LogP) is 5.30. The van der Waals surface area contributed by atoms with Gasteiger partial charge < -0.3 is 10.1 Å². The molecule has 10 heteroatoms. The quantitative estimate of drug-likeness (QED) is 0.464. The average molecular weight is 481 g/mol. The fraction of sp³-hybridized carbons (Fsp3) is 0.286. The second-order valence-electron chi connectivity index (χ2n) is 7.02. The van der Waals surface area contributed by atoms with Crippen molar-refractivity contribution in [2.45, 2.75) is 30.6 Å². The topological polar surface area (TPSA) is 69.0 Å². The van der Waals surface area contributed by atoms with Crippen LogP contribution < -0.4 is 5.32 Å². The van der Waals surface area contributed by atoms with Crippen molar-refractivity contribution in [3.63, 3.8) is 0 Å². The molecule has 6 nitrogen and oxygen atoms in total. The van der Waals surface area contributed by atoms with Crippen LogP contribution in [0.25, 0.3) is 11.4 Å². The molecule has 1 aromatic heterocycles. The molecule has 1 atom stereocenters. The van der Waals surface area contributed by atoms with Gasteiger partial charge in [-0.15, -0.1) is 10.2 Å². The van der Waals surface area contributed by atoms with E-state index in [-0.39, 0.29) is 23.6 Å². The molecule has 1 unspecified atom stereocenters. The number of nitrogens with zero attached hydrogens (tertiary/aromatic N) is 3. The maximum absolute atomic E-state index is 13.3. The first-order valence-corrected chi connectivity index (χ1v) is 11.4. The zero-order valence-electron chi connectivity index (χ0n) is 16.4. The highest BCUT2D eigenvalue weighted by atomic mass is 35.5. The van der Waals surface area contributed by atoms with Gasteiger partial charge in [-0.1, -0.05) is 35.0 Å². The Morgan fingerprint density at radius 3 is 2.77 bits per heavy atom. The lowest BCUT2D eigenvalue weighted by atomic mass is 10.2. The molecule has 1 aliphatic rings. The Labute approximate surface area is 193 Å². The van der Waals surface area contributed by atoms with E-state index in [1.807, 2.05) is 4.57 Å². The smallest absolute Gasteiger partial charge is 0.234 e. The number of carbonyl (C=O) groups is 1. The Bertz CT molecular complexity index is 1070. The number of thioether (sulfide) groups is 1. The summed E-state index contributed by atoms with van der Waals surface area (Å²) in [6.07, 6.45) is 2.00. The van der Waals surface area contributed by atoms with E-state index in [4.69, 9.17) is 27.9 Å². The number of anilines is 1. The summed E-state index contributed by atoms with van der Waals surface area (Å²) in [5, 5.41) is 12.8. The summed E-state index contributed by atoms with van der Waals surface area (Å²) in [4.78, 5) is 12.5. The van der Waals surface area contributed by atoms with Crippen molar-refractivity contribution < 1.29 is 13.9 Å². The molecule has 0 saturated carbocycles. The molecule has 0 spiro atoms. The van der Waals surface area contributed by atoms with Gasteiger partial charge in [-0.2, -0.15) is 0 Å². The number of hydrogen-bond acceptors (Lipinski definition) is 5. The minimum absolute atomic E-state index is 0.0497. The summed E-state index contributed by atoms with van der Waals surface area (Å²) >= 11 is 13.3. The van der Waals surface area contributed by atoms with E-state index in [1.54, 1.807) is 30.3 Å². The van der Waals surface area contributed by atoms with Gasteiger partial charge in [0.1, 0.15) is 5.82 Å². The summed E-state index contributed by atoms with van der Waals surface area (Å²) < 4.78 is 21.0. The minimum Gasteiger partial charge on any atom is -0.376 e. The van der Waals surface area contributed by atoms with Crippen molar-refractivity contribution in [3.8, 4) is 11.4 Å². The lowest BCUT2D eigenvalue weighted by molar-refractivity contribution is -0.113. The van der Waals surface area contributed by atoms with Gasteiger partial charge in [-0.05, 0) is 55.3 Å². The molecular formula is C21H19Cl2FN4O2S. The van der Waals surface area contributed by atoms with E-state index in [9.17, 15) is 9.18 Å². The molecule has 1 amide bonds. The van der Waals surface area contributed by atoms with Crippen molar-refractivity contribution in [1.29, 1.82) is 0 Å². The molecule has 0 radical (unpaired) electrons. The van der Waals surface area contributed by atoms with Crippen LogP contribution in [0, 0.1) is 5.82 Å². The number of nitrogens with one attached hydrogen (secondary N) is 1. The van der Waals surface area contributed by atoms with E-state index in [0.29, 0.717) is 33.3 Å². The highest BCUT2D eigenvalue weighted by Crippen LogP contribution is 2.28. The molecule has 1 aliphatic heterocycles. The Balaban J connectivity index is 1.50. The zero-order chi connectivity index (χ0) is 21.8. The van der Waals surface area contributed by atoms with Crippen molar-refractivity contribution in [1.82, 2.24) is 14.8 Å². The van der Waals surface area contributed by atoms with Crippen LogP contribution in [0.1, 0.15) is 12.8 Å². The van der Waals surface area contributed by atoms with Crippen LogP contribution in [-0.4, -0.2) is 39.1 Å². The summed E-state index contributed by atoms with van der Waals surface area (Å²) in [5.74, 6) is 0.149. The molecule has 31 heavy (non-hydrogen) atoms. The molecule has 1 saturated heterocycles. The van der Waals surface area contributed by atoms with Gasteiger partial charge in [0, 0.05) is 17.2 Å². The fourth-order valence-corrected chi connectivity index (χ4v) is 4.36. The van der Waals surface area contributed by atoms with E-state index in [2.05, 4.69) is 15.5 Å². The second kappa shape index (κ2) is 9.99. The van der Waals surface area contributed by atoms with Crippen LogP contribution in [0.4, 0.5) is 10.1 Å². The maximum Gasteiger partial charge on any atom is 0.234 e. The standard InChI is InChI=1S/C21H19Cl2FN4O2S/c22-14-5-8-17(23)18(10-14)25-19(29)12-31-21-27-26-20(13-3-6-15(24)7-4-13)28(21)11-16-2-1-9-30-16/h3-8,10,16H,1-2,9,11-12H2,(H,25,29). The Morgan fingerprint density at radius 2 is 2.03 bits per heavy atom. The van der Waals surface area contributed by atoms with Crippen LogP contribution >= 0.6 is 35.0 Å². The largest absolute Gasteiger partial charge is 0.376 e. The van der Waals surface area contributed by atoms with Crippen LogP contribution in [0.3, 0.4) is 0 Å². The van der Waals surface area contributed by atoms with Gasteiger partial charge in [0.05, 0.1) is 29.1 Å². The van der Waals surface area contributed by atoms with Crippen molar-refractivity contribution in [3.05, 3.63) is 58.3 Å². The molecule has 3 aromatic rings. The van der Waals surface area contributed by atoms with Gasteiger partial charge in [0.25, 0.3) is 0 Å². The van der Waals surface area contributed by atoms with Crippen LogP contribution in [0.5, 0.6) is 0 Å². The van der Waals surface area contributed by atoms with E-state index in [1.165, 1.54) is 23.9 Å². The normalized spacial score (nSPS) is 15.9. The summed E-state index contributed by atoms with van der Waals surface area (Å²) in [5.41, 5.74) is 1.20. The van der Waals surface area contributed by atoms with Crippen molar-refractivity contribution in [2.24, 2.45) is 0 Å². The first-order chi connectivity index (χ1) is 15.0. The highest BCUT2D eigenvalue weighted by molar-refractivity contribution is 7.99. The minimum atomic E-state index is -0.320. The van der Waals surface area contributed by atoms with E-state index < -0.39 is 0 Å². The van der Waals surface area contributed by atoms with Gasteiger partial charge >= 0.3 is 0 Å². The van der Waals surface area contributed by atoms with Crippen LogP contribution in [0.2, 0.25) is 10.0 Å². The third-order valence-electron chi connectivity index (χ3n) is 4.76. The summed E-state index contributed by atoms with van der Waals surface area (Å²) in [6, 6.07) is 11.0. The number of hydrogen-bond donors (Lipinski definition) is 1. The first-order valence-electron chi connectivity index (χ1n) is 9.68. The second-order valence-corrected chi connectivity index (χ2v) is 8.81. The zero-order valence-corrected chi connectivity index (χ0v) is 18.7. The number of benzene rings is 2. The van der Waals surface area contributed by atoms with Crippen LogP contribution in [-0.2, 0) is 16.1 Å². The number of amides is 1. The Morgan fingerprint density at radius 1 is 1.23 bits per heavy atom. The Kier molecular flexibility index (Phi) is 7.12. The molecular weight excluding hydrogens is 462 g/mol. The first kappa shape index (κ1) is 22.1. The predicted molar refractivity (Wildman–Crippen MR) is 120 cm³/mol. The molecule has 0 aliphatic carbocycles.